The van der Waals surface area contributed by atoms with Gasteiger partial charge in [-0.25, -0.2) is 9.97 Å². The third-order valence-electron chi connectivity index (χ3n) is 2.64. The van der Waals surface area contributed by atoms with Crippen molar-refractivity contribution < 1.29 is 19.3 Å². The Morgan fingerprint density at radius 1 is 1.20 bits per heavy atom. The molecular weight excluding hydrogens is 260 g/mol. The van der Waals surface area contributed by atoms with Crippen molar-refractivity contribution in [1.29, 1.82) is 0 Å². The minimum atomic E-state index is -0.160. The highest BCUT2D eigenvalue weighted by molar-refractivity contribution is 5.24. The summed E-state index contributed by atoms with van der Waals surface area (Å²) in [6, 6.07) is 0. The number of rotatable bonds is 10. The maximum absolute atomic E-state index is 9.31. The Labute approximate surface area is 120 Å². The Hall–Kier alpha value is -1.24. The fourth-order valence-electron chi connectivity index (χ4n) is 1.55. The molecule has 0 amide bonds. The quantitative estimate of drug-likeness (QED) is 0.657. The minimum absolute atomic E-state index is 0.160. The van der Waals surface area contributed by atoms with E-state index in [4.69, 9.17) is 14.2 Å². The molecule has 114 valence electrons. The Kier molecular flexibility index (Phi) is 8.10. The largest absolute Gasteiger partial charge is 0.488 e. The standard InChI is InChI=1S/C14H24N2O4/c1-11(2)14-15-9-13(12(10-17)16-14)20-8-7-19-6-4-5-18-3/h9,11,17H,4-8,10H2,1-3H3. The molecule has 20 heavy (non-hydrogen) atoms. The van der Waals surface area contributed by atoms with Crippen LogP contribution >= 0.6 is 0 Å². The lowest BCUT2D eigenvalue weighted by Crippen LogP contribution is -2.11. The van der Waals surface area contributed by atoms with Crippen LogP contribution in [0.5, 0.6) is 5.75 Å². The minimum Gasteiger partial charge on any atom is -0.488 e. The first-order valence-corrected chi connectivity index (χ1v) is 6.85. The topological polar surface area (TPSA) is 73.7 Å². The van der Waals surface area contributed by atoms with Gasteiger partial charge in [0.25, 0.3) is 0 Å². The number of aliphatic hydroxyl groups excluding tert-OH is 1. The van der Waals surface area contributed by atoms with Gasteiger partial charge < -0.3 is 19.3 Å². The van der Waals surface area contributed by atoms with Crippen LogP contribution in [0.2, 0.25) is 0 Å². The van der Waals surface area contributed by atoms with Crippen LogP contribution in [-0.4, -0.2) is 48.6 Å². The molecule has 1 aromatic heterocycles. The molecule has 0 saturated heterocycles. The number of ether oxygens (including phenoxy) is 3. The number of aromatic nitrogens is 2. The van der Waals surface area contributed by atoms with Crippen molar-refractivity contribution in [2.75, 3.05) is 33.5 Å². The van der Waals surface area contributed by atoms with Crippen LogP contribution in [0.4, 0.5) is 0 Å². The van der Waals surface area contributed by atoms with Gasteiger partial charge in [-0.05, 0) is 6.42 Å². The van der Waals surface area contributed by atoms with Crippen LogP contribution in [0.1, 0.15) is 37.7 Å². The summed E-state index contributed by atoms with van der Waals surface area (Å²) in [6.45, 7) is 6.08. The molecule has 0 bridgehead atoms. The smallest absolute Gasteiger partial charge is 0.161 e. The molecular formula is C14H24N2O4. The molecule has 6 heteroatoms. The summed E-state index contributed by atoms with van der Waals surface area (Å²) >= 11 is 0. The summed E-state index contributed by atoms with van der Waals surface area (Å²) in [5.74, 6) is 1.44. The van der Waals surface area contributed by atoms with Gasteiger partial charge in [-0.15, -0.1) is 0 Å². The molecule has 0 unspecified atom stereocenters. The highest BCUT2D eigenvalue weighted by Gasteiger charge is 2.09. The van der Waals surface area contributed by atoms with Crippen LogP contribution in [0.15, 0.2) is 6.20 Å². The first-order chi connectivity index (χ1) is 9.69. The Morgan fingerprint density at radius 2 is 2.00 bits per heavy atom. The van der Waals surface area contributed by atoms with Gasteiger partial charge in [-0.3, -0.25) is 0 Å². The predicted molar refractivity (Wildman–Crippen MR) is 74.9 cm³/mol. The highest BCUT2D eigenvalue weighted by atomic mass is 16.5. The van der Waals surface area contributed by atoms with Gasteiger partial charge in [-0.2, -0.15) is 0 Å². The Balaban J connectivity index is 2.36. The SMILES string of the molecule is COCCCOCCOc1cnc(C(C)C)nc1CO. The highest BCUT2D eigenvalue weighted by Crippen LogP contribution is 2.18. The van der Waals surface area contributed by atoms with Crippen molar-refractivity contribution in [3.05, 3.63) is 17.7 Å². The summed E-state index contributed by atoms with van der Waals surface area (Å²) in [5.41, 5.74) is 0.517. The lowest BCUT2D eigenvalue weighted by Gasteiger charge is -2.11. The lowest BCUT2D eigenvalue weighted by molar-refractivity contribution is 0.0797. The van der Waals surface area contributed by atoms with Crippen molar-refractivity contribution >= 4 is 0 Å². The van der Waals surface area contributed by atoms with E-state index in [1.807, 2.05) is 13.8 Å². The third-order valence-corrected chi connectivity index (χ3v) is 2.64. The van der Waals surface area contributed by atoms with Crippen LogP contribution in [-0.2, 0) is 16.1 Å². The average molecular weight is 284 g/mol. The van der Waals surface area contributed by atoms with E-state index in [1.54, 1.807) is 13.3 Å². The number of hydrogen-bond acceptors (Lipinski definition) is 6. The Bertz CT molecular complexity index is 385. The van der Waals surface area contributed by atoms with Crippen molar-refractivity contribution in [1.82, 2.24) is 9.97 Å². The lowest BCUT2D eigenvalue weighted by atomic mass is 10.2. The van der Waals surface area contributed by atoms with Crippen molar-refractivity contribution in [3.63, 3.8) is 0 Å². The number of nitrogens with zero attached hydrogens (tertiary/aromatic N) is 2. The van der Waals surface area contributed by atoms with E-state index in [1.165, 1.54) is 0 Å². The molecule has 6 nitrogen and oxygen atoms in total. The summed E-state index contributed by atoms with van der Waals surface area (Å²) in [6.07, 6.45) is 2.48. The fraction of sp³-hybridized carbons (Fsp3) is 0.714. The van der Waals surface area contributed by atoms with Crippen molar-refractivity contribution in [3.8, 4) is 5.75 Å². The maximum Gasteiger partial charge on any atom is 0.161 e. The molecule has 0 radical (unpaired) electrons. The average Bonchev–Trinajstić information content (AvgIpc) is 2.46. The van der Waals surface area contributed by atoms with E-state index < -0.39 is 0 Å². The second kappa shape index (κ2) is 9.63. The van der Waals surface area contributed by atoms with E-state index in [9.17, 15) is 5.11 Å². The first-order valence-electron chi connectivity index (χ1n) is 6.85. The van der Waals surface area contributed by atoms with Crippen LogP contribution in [0, 0.1) is 0 Å². The van der Waals surface area contributed by atoms with E-state index in [2.05, 4.69) is 9.97 Å². The van der Waals surface area contributed by atoms with E-state index in [0.29, 0.717) is 43.7 Å². The van der Waals surface area contributed by atoms with Gasteiger partial charge >= 0.3 is 0 Å². The van der Waals surface area contributed by atoms with Gasteiger partial charge in [0.05, 0.1) is 19.4 Å². The number of methoxy groups -OCH3 is 1. The second-order valence-electron chi connectivity index (χ2n) is 4.66. The van der Waals surface area contributed by atoms with Gasteiger partial charge in [0.15, 0.2) is 5.75 Å². The monoisotopic (exact) mass is 284 g/mol. The van der Waals surface area contributed by atoms with Crippen molar-refractivity contribution in [2.24, 2.45) is 0 Å². The molecule has 1 aromatic rings. The Morgan fingerprint density at radius 3 is 2.65 bits per heavy atom. The van der Waals surface area contributed by atoms with Gasteiger partial charge in [0.2, 0.25) is 0 Å². The number of aliphatic hydroxyl groups is 1. The van der Waals surface area contributed by atoms with Crippen molar-refractivity contribution in [2.45, 2.75) is 32.8 Å². The molecule has 0 aliphatic carbocycles. The van der Waals surface area contributed by atoms with Crippen LogP contribution in [0.3, 0.4) is 0 Å². The fourth-order valence-corrected chi connectivity index (χ4v) is 1.55. The zero-order chi connectivity index (χ0) is 14.8. The molecule has 0 saturated carbocycles. The molecule has 0 fully saturated rings. The first kappa shape index (κ1) is 16.8. The van der Waals surface area contributed by atoms with Gasteiger partial charge in [0.1, 0.15) is 18.1 Å². The van der Waals surface area contributed by atoms with E-state index >= 15 is 0 Å². The summed E-state index contributed by atoms with van der Waals surface area (Å²) in [4.78, 5) is 8.51. The predicted octanol–water partition coefficient (Wildman–Crippen LogP) is 1.52. The third kappa shape index (κ3) is 5.81. The number of hydrogen-bond donors (Lipinski definition) is 1. The second-order valence-corrected chi connectivity index (χ2v) is 4.66. The van der Waals surface area contributed by atoms with Gasteiger partial charge in [0, 0.05) is 26.2 Å². The molecule has 0 atom stereocenters. The molecule has 1 N–H and O–H groups in total. The molecule has 1 heterocycles. The normalized spacial score (nSPS) is 11.1. The molecule has 0 spiro atoms. The zero-order valence-electron chi connectivity index (χ0n) is 12.5. The molecule has 0 aliphatic rings. The van der Waals surface area contributed by atoms with Crippen LogP contribution < -0.4 is 4.74 Å². The van der Waals surface area contributed by atoms with E-state index in [-0.39, 0.29) is 12.5 Å². The summed E-state index contributed by atoms with van der Waals surface area (Å²) in [7, 11) is 1.67. The summed E-state index contributed by atoms with van der Waals surface area (Å²) in [5, 5.41) is 9.31. The summed E-state index contributed by atoms with van der Waals surface area (Å²) < 4.78 is 15.8. The molecule has 1 rings (SSSR count). The van der Waals surface area contributed by atoms with Crippen LogP contribution in [0.25, 0.3) is 0 Å². The molecule has 0 aromatic carbocycles. The van der Waals surface area contributed by atoms with Gasteiger partial charge in [-0.1, -0.05) is 13.8 Å². The maximum atomic E-state index is 9.31. The van der Waals surface area contributed by atoms with E-state index in [0.717, 1.165) is 6.42 Å². The molecule has 0 aliphatic heterocycles. The zero-order valence-corrected chi connectivity index (χ0v) is 12.5.